The van der Waals surface area contributed by atoms with Crippen molar-refractivity contribution in [3.8, 4) is 0 Å². The highest BCUT2D eigenvalue weighted by atomic mass is 15.2. The van der Waals surface area contributed by atoms with Gasteiger partial charge in [0.15, 0.2) is 0 Å². The molecule has 0 aromatic rings. The van der Waals surface area contributed by atoms with Gasteiger partial charge in [-0.15, -0.1) is 0 Å². The van der Waals surface area contributed by atoms with E-state index < -0.39 is 0 Å². The summed E-state index contributed by atoms with van der Waals surface area (Å²) >= 11 is 0. The van der Waals surface area contributed by atoms with Crippen LogP contribution in [0.3, 0.4) is 0 Å². The number of rotatable bonds is 3. The maximum atomic E-state index is 3.77. The standard InChI is InChI=1S/C18H36N2/c1-7-19-16-9-8-15(18(4,5)6)10-17(16)20-11-13(2)14(3)12-20/h13-17,19H,7-12H2,1-6H3. The first-order chi connectivity index (χ1) is 9.32. The topological polar surface area (TPSA) is 15.3 Å². The summed E-state index contributed by atoms with van der Waals surface area (Å²) in [6.45, 7) is 18.1. The molecule has 118 valence electrons. The molecule has 0 aromatic carbocycles. The first kappa shape index (κ1) is 16.3. The van der Waals surface area contributed by atoms with E-state index in [0.717, 1.165) is 36.4 Å². The Morgan fingerprint density at radius 2 is 1.65 bits per heavy atom. The fraction of sp³-hybridized carbons (Fsp3) is 1.00. The molecule has 1 aliphatic heterocycles. The van der Waals surface area contributed by atoms with E-state index >= 15 is 0 Å². The number of likely N-dealkylation sites (tertiary alicyclic amines) is 1. The molecule has 0 radical (unpaired) electrons. The average molecular weight is 281 g/mol. The summed E-state index contributed by atoms with van der Waals surface area (Å²) in [6, 6.07) is 1.48. The molecule has 2 fully saturated rings. The highest BCUT2D eigenvalue weighted by Crippen LogP contribution is 2.41. The van der Waals surface area contributed by atoms with Gasteiger partial charge < -0.3 is 5.32 Å². The molecule has 0 bridgehead atoms. The van der Waals surface area contributed by atoms with Gasteiger partial charge in [0, 0.05) is 25.2 Å². The Labute approximate surface area is 126 Å². The van der Waals surface area contributed by atoms with Crippen molar-refractivity contribution in [1.29, 1.82) is 0 Å². The minimum absolute atomic E-state index is 0.465. The highest BCUT2D eigenvalue weighted by molar-refractivity contribution is 4.96. The summed E-state index contributed by atoms with van der Waals surface area (Å²) in [5.41, 5.74) is 0.465. The van der Waals surface area contributed by atoms with Crippen LogP contribution in [-0.4, -0.2) is 36.6 Å². The van der Waals surface area contributed by atoms with Crippen molar-refractivity contribution in [3.05, 3.63) is 0 Å². The van der Waals surface area contributed by atoms with Gasteiger partial charge in [-0.2, -0.15) is 0 Å². The Morgan fingerprint density at radius 1 is 1.05 bits per heavy atom. The smallest absolute Gasteiger partial charge is 0.0252 e. The lowest BCUT2D eigenvalue weighted by molar-refractivity contribution is 0.0690. The van der Waals surface area contributed by atoms with Crippen LogP contribution in [0, 0.1) is 23.2 Å². The largest absolute Gasteiger partial charge is 0.313 e. The summed E-state index contributed by atoms with van der Waals surface area (Å²) < 4.78 is 0. The van der Waals surface area contributed by atoms with Crippen molar-refractivity contribution < 1.29 is 0 Å². The lowest BCUT2D eigenvalue weighted by Crippen LogP contribution is -2.54. The van der Waals surface area contributed by atoms with Gasteiger partial charge in [0.25, 0.3) is 0 Å². The van der Waals surface area contributed by atoms with Crippen LogP contribution in [-0.2, 0) is 0 Å². The SMILES string of the molecule is CCNC1CCC(C(C)(C)C)CC1N1CC(C)C(C)C1. The molecule has 20 heavy (non-hydrogen) atoms. The second-order valence-corrected chi connectivity index (χ2v) is 8.52. The molecule has 0 spiro atoms. The molecule has 2 rings (SSSR count). The number of nitrogens with one attached hydrogen (secondary N) is 1. The van der Waals surface area contributed by atoms with Gasteiger partial charge >= 0.3 is 0 Å². The van der Waals surface area contributed by atoms with Gasteiger partial charge in [-0.25, -0.2) is 0 Å². The summed E-state index contributed by atoms with van der Waals surface area (Å²) in [4.78, 5) is 2.81. The molecule has 1 aliphatic carbocycles. The molecule has 2 nitrogen and oxygen atoms in total. The van der Waals surface area contributed by atoms with Crippen LogP contribution in [0.4, 0.5) is 0 Å². The number of hydrogen-bond donors (Lipinski definition) is 1. The maximum absolute atomic E-state index is 3.77. The summed E-state index contributed by atoms with van der Waals surface area (Å²) in [6.07, 6.45) is 4.15. The molecular formula is C18H36N2. The van der Waals surface area contributed by atoms with E-state index in [1.807, 2.05) is 0 Å². The highest BCUT2D eigenvalue weighted by Gasteiger charge is 2.41. The normalized spacial score (nSPS) is 40.2. The van der Waals surface area contributed by atoms with E-state index in [-0.39, 0.29) is 0 Å². The molecule has 0 aromatic heterocycles. The van der Waals surface area contributed by atoms with Crippen LogP contribution >= 0.6 is 0 Å². The van der Waals surface area contributed by atoms with Crippen molar-refractivity contribution in [2.75, 3.05) is 19.6 Å². The van der Waals surface area contributed by atoms with Crippen LogP contribution in [0.2, 0.25) is 0 Å². The van der Waals surface area contributed by atoms with Crippen LogP contribution < -0.4 is 5.32 Å². The van der Waals surface area contributed by atoms with E-state index in [2.05, 4.69) is 51.8 Å². The zero-order valence-corrected chi connectivity index (χ0v) is 14.6. The van der Waals surface area contributed by atoms with Crippen LogP contribution in [0.15, 0.2) is 0 Å². The van der Waals surface area contributed by atoms with Gasteiger partial charge in [0.05, 0.1) is 0 Å². The quantitative estimate of drug-likeness (QED) is 0.846. The predicted octanol–water partition coefficient (Wildman–Crippen LogP) is 3.77. The Hall–Kier alpha value is -0.0800. The summed E-state index contributed by atoms with van der Waals surface area (Å²) in [5, 5.41) is 3.77. The van der Waals surface area contributed by atoms with Gasteiger partial charge in [-0.1, -0.05) is 41.5 Å². The fourth-order valence-electron chi connectivity index (χ4n) is 4.28. The monoisotopic (exact) mass is 280 g/mol. The van der Waals surface area contributed by atoms with Gasteiger partial charge in [-0.05, 0) is 49.0 Å². The molecule has 0 amide bonds. The predicted molar refractivity (Wildman–Crippen MR) is 87.9 cm³/mol. The van der Waals surface area contributed by atoms with Gasteiger partial charge in [0.2, 0.25) is 0 Å². The maximum Gasteiger partial charge on any atom is 0.0252 e. The second-order valence-electron chi connectivity index (χ2n) is 8.52. The lowest BCUT2D eigenvalue weighted by Gasteiger charge is -2.45. The minimum atomic E-state index is 0.465. The van der Waals surface area contributed by atoms with Gasteiger partial charge in [0.1, 0.15) is 0 Å². The minimum Gasteiger partial charge on any atom is -0.313 e. The molecule has 5 atom stereocenters. The number of hydrogen-bond acceptors (Lipinski definition) is 2. The first-order valence-corrected chi connectivity index (χ1v) is 8.80. The third-order valence-electron chi connectivity index (χ3n) is 5.99. The fourth-order valence-corrected chi connectivity index (χ4v) is 4.28. The third-order valence-corrected chi connectivity index (χ3v) is 5.99. The van der Waals surface area contributed by atoms with Crippen molar-refractivity contribution in [2.24, 2.45) is 23.2 Å². The lowest BCUT2D eigenvalue weighted by atomic mass is 9.69. The molecule has 2 aliphatic rings. The first-order valence-electron chi connectivity index (χ1n) is 8.80. The third kappa shape index (κ3) is 3.57. The average Bonchev–Trinajstić information content (AvgIpc) is 2.69. The van der Waals surface area contributed by atoms with Crippen molar-refractivity contribution in [1.82, 2.24) is 10.2 Å². The second kappa shape index (κ2) is 6.36. The Kier molecular flexibility index (Phi) is 5.18. The van der Waals surface area contributed by atoms with Gasteiger partial charge in [-0.3, -0.25) is 4.90 Å². The van der Waals surface area contributed by atoms with Crippen molar-refractivity contribution in [3.63, 3.8) is 0 Å². The number of nitrogens with zero attached hydrogens (tertiary/aromatic N) is 1. The zero-order chi connectivity index (χ0) is 14.9. The number of likely N-dealkylation sites (N-methyl/N-ethyl adjacent to an activating group) is 1. The molecule has 1 saturated carbocycles. The van der Waals surface area contributed by atoms with Crippen LogP contribution in [0.1, 0.15) is 60.8 Å². The Bertz CT molecular complexity index is 297. The molecule has 5 unspecified atom stereocenters. The van der Waals surface area contributed by atoms with E-state index in [9.17, 15) is 0 Å². The van der Waals surface area contributed by atoms with Crippen molar-refractivity contribution in [2.45, 2.75) is 72.9 Å². The Morgan fingerprint density at radius 3 is 2.15 bits per heavy atom. The Balaban J connectivity index is 2.07. The molecule has 1 heterocycles. The zero-order valence-electron chi connectivity index (χ0n) is 14.6. The van der Waals surface area contributed by atoms with E-state index in [1.165, 1.54) is 32.4 Å². The van der Waals surface area contributed by atoms with Crippen molar-refractivity contribution >= 4 is 0 Å². The van der Waals surface area contributed by atoms with Crippen LogP contribution in [0.25, 0.3) is 0 Å². The van der Waals surface area contributed by atoms with E-state index in [0.29, 0.717) is 5.41 Å². The molecule has 1 N–H and O–H groups in total. The summed E-state index contributed by atoms with van der Waals surface area (Å²) in [5.74, 6) is 2.62. The van der Waals surface area contributed by atoms with E-state index in [4.69, 9.17) is 0 Å². The molecular weight excluding hydrogens is 244 g/mol. The summed E-state index contributed by atoms with van der Waals surface area (Å²) in [7, 11) is 0. The molecule has 1 saturated heterocycles. The molecule has 2 heteroatoms. The van der Waals surface area contributed by atoms with Crippen LogP contribution in [0.5, 0.6) is 0 Å². The van der Waals surface area contributed by atoms with E-state index in [1.54, 1.807) is 0 Å².